The number of Topliss-reactive ketones (excluding diaryl/α,β-unsaturated/α-hetero) is 1. The summed E-state index contributed by atoms with van der Waals surface area (Å²) in [4.78, 5) is 28.1. The molecule has 0 unspecified atom stereocenters. The van der Waals surface area contributed by atoms with Crippen LogP contribution in [0.25, 0.3) is 5.76 Å². The molecular formula is C29H27NO6. The molecule has 7 nitrogen and oxygen atoms in total. The van der Waals surface area contributed by atoms with Gasteiger partial charge in [0.05, 0.1) is 18.2 Å². The zero-order chi connectivity index (χ0) is 25.1. The van der Waals surface area contributed by atoms with Crippen LogP contribution in [0.3, 0.4) is 0 Å². The van der Waals surface area contributed by atoms with Crippen LogP contribution in [0, 0.1) is 0 Å². The summed E-state index contributed by atoms with van der Waals surface area (Å²) in [5.41, 5.74) is 1.96. The van der Waals surface area contributed by atoms with Crippen LogP contribution < -0.4 is 14.2 Å². The molecule has 1 amide bonds. The van der Waals surface area contributed by atoms with Gasteiger partial charge in [-0.1, -0.05) is 49.4 Å². The molecule has 1 fully saturated rings. The number of benzene rings is 3. The highest BCUT2D eigenvalue weighted by Gasteiger charge is 2.46. The van der Waals surface area contributed by atoms with E-state index in [4.69, 9.17) is 14.2 Å². The molecule has 0 saturated carbocycles. The van der Waals surface area contributed by atoms with Crippen molar-refractivity contribution in [2.24, 2.45) is 0 Å². The number of hydrogen-bond donors (Lipinski definition) is 1. The van der Waals surface area contributed by atoms with Crippen LogP contribution in [0.5, 0.6) is 17.2 Å². The Labute approximate surface area is 209 Å². The monoisotopic (exact) mass is 485 g/mol. The van der Waals surface area contributed by atoms with Crippen molar-refractivity contribution in [2.75, 3.05) is 19.8 Å². The van der Waals surface area contributed by atoms with E-state index in [0.717, 1.165) is 12.0 Å². The van der Waals surface area contributed by atoms with Gasteiger partial charge in [-0.3, -0.25) is 9.59 Å². The Balaban J connectivity index is 1.62. The molecule has 0 aromatic heterocycles. The number of aliphatic hydroxyl groups excluding tert-OH is 1. The van der Waals surface area contributed by atoms with Gasteiger partial charge in [0.25, 0.3) is 11.7 Å². The maximum absolute atomic E-state index is 13.4. The van der Waals surface area contributed by atoms with Gasteiger partial charge in [0.2, 0.25) is 0 Å². The van der Waals surface area contributed by atoms with Gasteiger partial charge in [-0.2, -0.15) is 0 Å². The summed E-state index contributed by atoms with van der Waals surface area (Å²) < 4.78 is 17.0. The third-order valence-corrected chi connectivity index (χ3v) is 6.20. The predicted octanol–water partition coefficient (Wildman–Crippen LogP) is 4.87. The average Bonchev–Trinajstić information content (AvgIpc) is 3.17. The summed E-state index contributed by atoms with van der Waals surface area (Å²) >= 11 is 0. The maximum atomic E-state index is 13.4. The Hall–Kier alpha value is -4.26. The first-order valence-electron chi connectivity index (χ1n) is 12.0. The van der Waals surface area contributed by atoms with Crippen LogP contribution in [-0.2, 0) is 16.1 Å². The first-order chi connectivity index (χ1) is 17.6. The molecule has 1 N–H and O–H groups in total. The minimum atomic E-state index is -0.788. The van der Waals surface area contributed by atoms with Crippen molar-refractivity contribution in [2.45, 2.75) is 25.9 Å². The maximum Gasteiger partial charge on any atom is 0.295 e. The van der Waals surface area contributed by atoms with Crippen molar-refractivity contribution in [3.8, 4) is 17.2 Å². The quantitative estimate of drug-likeness (QED) is 0.292. The molecule has 2 aliphatic heterocycles. The second-order valence-corrected chi connectivity index (χ2v) is 8.69. The Bertz CT molecular complexity index is 1320. The number of carbonyl (C=O) groups excluding carboxylic acids is 2. The summed E-state index contributed by atoms with van der Waals surface area (Å²) in [7, 11) is 0. The van der Waals surface area contributed by atoms with Gasteiger partial charge in [0.15, 0.2) is 11.5 Å². The number of carbonyl (C=O) groups is 2. The number of rotatable bonds is 7. The van der Waals surface area contributed by atoms with E-state index in [2.05, 4.69) is 0 Å². The zero-order valence-corrected chi connectivity index (χ0v) is 20.0. The van der Waals surface area contributed by atoms with E-state index >= 15 is 0 Å². The standard InChI is InChI=1S/C29H27NO6/c1-2-13-34-22-10-6-9-20(16-22)26-25(27(31)21-11-12-23-24(17-21)36-15-14-35-23)28(32)29(33)30(26)18-19-7-4-3-5-8-19/h3-12,16-17,26,31H,2,13-15,18H2,1H3/b27-25+/t26-/m0/s1. The lowest BCUT2D eigenvalue weighted by atomic mass is 9.94. The molecule has 2 heterocycles. The summed E-state index contributed by atoms with van der Waals surface area (Å²) in [5.74, 6) is 0.0331. The van der Waals surface area contributed by atoms with Gasteiger partial charge >= 0.3 is 0 Å². The van der Waals surface area contributed by atoms with E-state index in [1.807, 2.05) is 61.5 Å². The van der Waals surface area contributed by atoms with Gasteiger partial charge in [-0.25, -0.2) is 0 Å². The third-order valence-electron chi connectivity index (χ3n) is 6.20. The fourth-order valence-electron chi connectivity index (χ4n) is 4.51. The Morgan fingerprint density at radius 3 is 2.53 bits per heavy atom. The lowest BCUT2D eigenvalue weighted by Gasteiger charge is -2.26. The van der Waals surface area contributed by atoms with Crippen LogP contribution in [-0.4, -0.2) is 41.5 Å². The Kier molecular flexibility index (Phi) is 6.62. The van der Waals surface area contributed by atoms with E-state index in [0.29, 0.717) is 48.2 Å². The lowest BCUT2D eigenvalue weighted by molar-refractivity contribution is -0.140. The van der Waals surface area contributed by atoms with Crippen LogP contribution in [0.15, 0.2) is 78.4 Å². The highest BCUT2D eigenvalue weighted by Crippen LogP contribution is 2.42. The number of ether oxygens (including phenoxy) is 3. The van der Waals surface area contributed by atoms with Gasteiger partial charge in [0.1, 0.15) is 24.7 Å². The molecule has 0 spiro atoms. The highest BCUT2D eigenvalue weighted by atomic mass is 16.6. The smallest absolute Gasteiger partial charge is 0.295 e. The SMILES string of the molecule is CCCOc1cccc([C@H]2/C(=C(\O)c3ccc4c(c3)OCCO4)C(=O)C(=O)N2Cc2ccccc2)c1. The third kappa shape index (κ3) is 4.52. The molecule has 7 heteroatoms. The number of nitrogens with zero attached hydrogens (tertiary/aromatic N) is 1. The van der Waals surface area contributed by atoms with Crippen LogP contribution in [0.4, 0.5) is 0 Å². The number of fused-ring (bicyclic) bond motifs is 1. The van der Waals surface area contributed by atoms with E-state index in [-0.39, 0.29) is 17.9 Å². The predicted molar refractivity (Wildman–Crippen MR) is 134 cm³/mol. The van der Waals surface area contributed by atoms with Gasteiger partial charge in [-0.05, 0) is 47.9 Å². The van der Waals surface area contributed by atoms with Crippen molar-refractivity contribution in [3.05, 3.63) is 95.1 Å². The summed E-state index contributed by atoms with van der Waals surface area (Å²) in [6, 6.07) is 21.0. The van der Waals surface area contributed by atoms with E-state index in [1.165, 1.54) is 4.90 Å². The van der Waals surface area contributed by atoms with Crippen molar-refractivity contribution in [1.29, 1.82) is 0 Å². The zero-order valence-electron chi connectivity index (χ0n) is 20.0. The number of amides is 1. The van der Waals surface area contributed by atoms with Crippen molar-refractivity contribution in [1.82, 2.24) is 4.90 Å². The normalized spacial score (nSPS) is 18.4. The number of hydrogen-bond acceptors (Lipinski definition) is 6. The Morgan fingerprint density at radius 1 is 0.972 bits per heavy atom. The summed E-state index contributed by atoms with van der Waals surface area (Å²) in [6.45, 7) is 3.62. The number of aliphatic hydroxyl groups is 1. The molecule has 0 radical (unpaired) electrons. The molecule has 3 aromatic carbocycles. The van der Waals surface area contributed by atoms with E-state index in [1.54, 1.807) is 18.2 Å². The first kappa shape index (κ1) is 23.5. The van der Waals surface area contributed by atoms with Gasteiger partial charge < -0.3 is 24.2 Å². The molecule has 36 heavy (non-hydrogen) atoms. The largest absolute Gasteiger partial charge is 0.507 e. The number of ketones is 1. The Morgan fingerprint density at radius 2 is 1.75 bits per heavy atom. The molecule has 5 rings (SSSR count). The van der Waals surface area contributed by atoms with Crippen molar-refractivity contribution >= 4 is 17.4 Å². The van der Waals surface area contributed by atoms with E-state index in [9.17, 15) is 14.7 Å². The molecular weight excluding hydrogens is 458 g/mol. The molecule has 184 valence electrons. The molecule has 2 aliphatic rings. The molecule has 1 saturated heterocycles. The average molecular weight is 486 g/mol. The minimum Gasteiger partial charge on any atom is -0.507 e. The van der Waals surface area contributed by atoms with Crippen LogP contribution >= 0.6 is 0 Å². The van der Waals surface area contributed by atoms with Gasteiger partial charge in [0, 0.05) is 12.1 Å². The van der Waals surface area contributed by atoms with Crippen LogP contribution in [0.1, 0.15) is 36.1 Å². The highest BCUT2D eigenvalue weighted by molar-refractivity contribution is 6.46. The summed E-state index contributed by atoms with van der Waals surface area (Å²) in [5, 5.41) is 11.4. The minimum absolute atomic E-state index is 0.0280. The second-order valence-electron chi connectivity index (χ2n) is 8.69. The van der Waals surface area contributed by atoms with Crippen molar-refractivity contribution in [3.63, 3.8) is 0 Å². The fraction of sp³-hybridized carbons (Fsp3) is 0.241. The molecule has 1 atom stereocenters. The topological polar surface area (TPSA) is 85.3 Å². The second kappa shape index (κ2) is 10.2. The van der Waals surface area contributed by atoms with E-state index < -0.39 is 17.7 Å². The number of likely N-dealkylation sites (tertiary alicyclic amines) is 1. The lowest BCUT2D eigenvalue weighted by Crippen LogP contribution is -2.29. The van der Waals surface area contributed by atoms with Crippen LogP contribution in [0.2, 0.25) is 0 Å². The van der Waals surface area contributed by atoms with Gasteiger partial charge in [-0.15, -0.1) is 0 Å². The molecule has 0 aliphatic carbocycles. The van der Waals surface area contributed by atoms with Crippen molar-refractivity contribution < 1.29 is 28.9 Å². The molecule has 0 bridgehead atoms. The molecule has 3 aromatic rings. The summed E-state index contributed by atoms with van der Waals surface area (Å²) in [6.07, 6.45) is 0.848. The first-order valence-corrected chi connectivity index (χ1v) is 12.0. The fourth-order valence-corrected chi connectivity index (χ4v) is 4.51.